The Hall–Kier alpha value is -2.67. The molecule has 136 valence electrons. The number of thiocarbonyl (C=S) groups is 1. The van der Waals surface area contributed by atoms with Gasteiger partial charge in [-0.2, -0.15) is 10.2 Å². The second-order valence-electron chi connectivity index (χ2n) is 6.29. The Balaban J connectivity index is 1.53. The van der Waals surface area contributed by atoms with Crippen molar-refractivity contribution in [2.24, 2.45) is 0 Å². The minimum atomic E-state index is 0.550. The van der Waals surface area contributed by atoms with Gasteiger partial charge in [-0.1, -0.05) is 29.8 Å². The number of hydrogen-bond acceptors (Lipinski definition) is 3. The molecule has 2 aromatic heterocycles. The normalized spacial score (nSPS) is 10.7. The van der Waals surface area contributed by atoms with Crippen LogP contribution in [0.25, 0.3) is 0 Å². The molecule has 3 aromatic rings. The van der Waals surface area contributed by atoms with Gasteiger partial charge in [0.25, 0.3) is 0 Å². The minimum absolute atomic E-state index is 0.550. The van der Waals surface area contributed by atoms with Crippen molar-refractivity contribution in [2.75, 3.05) is 5.32 Å². The van der Waals surface area contributed by atoms with E-state index >= 15 is 0 Å². The van der Waals surface area contributed by atoms with Gasteiger partial charge in [0.05, 0.1) is 12.2 Å². The van der Waals surface area contributed by atoms with E-state index in [2.05, 4.69) is 58.9 Å². The molecule has 0 spiro atoms. The molecule has 0 aliphatic heterocycles. The Morgan fingerprint density at radius 2 is 2.00 bits per heavy atom. The van der Waals surface area contributed by atoms with Crippen LogP contribution >= 0.6 is 12.2 Å². The zero-order valence-electron chi connectivity index (χ0n) is 15.4. The van der Waals surface area contributed by atoms with Crippen molar-refractivity contribution in [1.29, 1.82) is 0 Å². The van der Waals surface area contributed by atoms with E-state index in [4.69, 9.17) is 12.2 Å². The first-order chi connectivity index (χ1) is 12.5. The standard InChI is InChI=1S/C19H24N6S/c1-4-24-13-17(15(3)22-24)11-20-19(26)21-18-8-9-25(23-18)12-16-7-5-6-14(2)10-16/h5-10,13H,4,11-12H2,1-3H3,(H2,20,21,23,26). The van der Waals surface area contributed by atoms with Crippen LogP contribution in [0.4, 0.5) is 5.82 Å². The molecule has 0 amide bonds. The van der Waals surface area contributed by atoms with Gasteiger partial charge in [0.2, 0.25) is 0 Å². The number of nitrogens with zero attached hydrogens (tertiary/aromatic N) is 4. The third kappa shape index (κ3) is 4.70. The Bertz CT molecular complexity index is 895. The van der Waals surface area contributed by atoms with Crippen molar-refractivity contribution in [1.82, 2.24) is 24.9 Å². The van der Waals surface area contributed by atoms with Crippen LogP contribution < -0.4 is 10.6 Å². The van der Waals surface area contributed by atoms with Gasteiger partial charge in [0, 0.05) is 37.1 Å². The number of nitrogens with one attached hydrogen (secondary N) is 2. The predicted octanol–water partition coefficient (Wildman–Crippen LogP) is 3.25. The Labute approximate surface area is 159 Å². The molecule has 0 saturated carbocycles. The summed E-state index contributed by atoms with van der Waals surface area (Å²) in [6.07, 6.45) is 3.99. The highest BCUT2D eigenvalue weighted by atomic mass is 32.1. The van der Waals surface area contributed by atoms with Crippen LogP contribution in [0.1, 0.15) is 29.3 Å². The molecule has 3 rings (SSSR count). The maximum atomic E-state index is 5.37. The molecule has 0 fully saturated rings. The van der Waals surface area contributed by atoms with Crippen molar-refractivity contribution in [3.8, 4) is 0 Å². The molecule has 0 bridgehead atoms. The largest absolute Gasteiger partial charge is 0.358 e. The van der Waals surface area contributed by atoms with Gasteiger partial charge in [-0.25, -0.2) is 0 Å². The second-order valence-corrected chi connectivity index (χ2v) is 6.70. The van der Waals surface area contributed by atoms with E-state index in [9.17, 15) is 0 Å². The quantitative estimate of drug-likeness (QED) is 0.654. The SMILES string of the molecule is CCn1cc(CNC(=S)Nc2ccn(Cc3cccc(C)c3)n2)c(C)n1. The number of anilines is 1. The number of hydrogen-bond donors (Lipinski definition) is 2. The molecule has 26 heavy (non-hydrogen) atoms. The van der Waals surface area contributed by atoms with Crippen molar-refractivity contribution in [2.45, 2.75) is 40.4 Å². The van der Waals surface area contributed by atoms with Crippen LogP contribution in [-0.2, 0) is 19.6 Å². The summed E-state index contributed by atoms with van der Waals surface area (Å²) in [5.74, 6) is 0.733. The summed E-state index contributed by atoms with van der Waals surface area (Å²) in [5.41, 5.74) is 4.63. The van der Waals surface area contributed by atoms with Gasteiger partial charge < -0.3 is 10.6 Å². The fourth-order valence-corrected chi connectivity index (χ4v) is 2.92. The molecule has 0 saturated heterocycles. The van der Waals surface area contributed by atoms with Crippen molar-refractivity contribution >= 4 is 23.1 Å². The van der Waals surface area contributed by atoms with Crippen LogP contribution in [0.5, 0.6) is 0 Å². The molecular formula is C19H24N6S. The molecule has 2 heterocycles. The summed E-state index contributed by atoms with van der Waals surface area (Å²) >= 11 is 5.37. The lowest BCUT2D eigenvalue weighted by Gasteiger charge is -2.08. The molecule has 1 aromatic carbocycles. The number of benzene rings is 1. The second kappa shape index (κ2) is 8.14. The highest BCUT2D eigenvalue weighted by molar-refractivity contribution is 7.80. The van der Waals surface area contributed by atoms with E-state index < -0.39 is 0 Å². The number of rotatable bonds is 6. The van der Waals surface area contributed by atoms with Crippen molar-refractivity contribution in [3.63, 3.8) is 0 Å². The molecule has 0 unspecified atom stereocenters. The van der Waals surface area contributed by atoms with Crippen LogP contribution in [0.2, 0.25) is 0 Å². The zero-order chi connectivity index (χ0) is 18.5. The van der Waals surface area contributed by atoms with E-state index in [1.807, 2.05) is 34.7 Å². The maximum absolute atomic E-state index is 5.37. The summed E-state index contributed by atoms with van der Waals surface area (Å²) < 4.78 is 3.82. The highest BCUT2D eigenvalue weighted by Gasteiger charge is 2.06. The number of aryl methyl sites for hydroxylation is 3. The predicted molar refractivity (Wildman–Crippen MR) is 108 cm³/mol. The van der Waals surface area contributed by atoms with Gasteiger partial charge in [0.1, 0.15) is 0 Å². The fraction of sp³-hybridized carbons (Fsp3) is 0.316. The Morgan fingerprint density at radius 3 is 2.73 bits per heavy atom. The third-order valence-electron chi connectivity index (χ3n) is 4.12. The van der Waals surface area contributed by atoms with Gasteiger partial charge in [-0.15, -0.1) is 0 Å². The van der Waals surface area contributed by atoms with E-state index in [1.165, 1.54) is 11.1 Å². The summed E-state index contributed by atoms with van der Waals surface area (Å²) in [5, 5.41) is 15.9. The first kappa shape index (κ1) is 18.1. The average molecular weight is 369 g/mol. The summed E-state index contributed by atoms with van der Waals surface area (Å²) in [4.78, 5) is 0. The van der Waals surface area contributed by atoms with Gasteiger partial charge >= 0.3 is 0 Å². The molecule has 2 N–H and O–H groups in total. The fourth-order valence-electron chi connectivity index (χ4n) is 2.74. The summed E-state index contributed by atoms with van der Waals surface area (Å²) in [6.45, 7) is 8.41. The Morgan fingerprint density at radius 1 is 1.15 bits per heavy atom. The van der Waals surface area contributed by atoms with Crippen molar-refractivity contribution in [3.05, 3.63) is 65.1 Å². The van der Waals surface area contributed by atoms with E-state index in [1.54, 1.807) is 0 Å². The molecular weight excluding hydrogens is 344 g/mol. The van der Waals surface area contributed by atoms with E-state index in [0.29, 0.717) is 11.7 Å². The highest BCUT2D eigenvalue weighted by Crippen LogP contribution is 2.09. The lowest BCUT2D eigenvalue weighted by molar-refractivity contribution is 0.653. The molecule has 7 heteroatoms. The molecule has 6 nitrogen and oxygen atoms in total. The molecule has 0 aliphatic carbocycles. The van der Waals surface area contributed by atoms with Crippen LogP contribution in [-0.4, -0.2) is 24.7 Å². The number of aromatic nitrogens is 4. The first-order valence-corrected chi connectivity index (χ1v) is 9.11. The van der Waals surface area contributed by atoms with Gasteiger partial charge in [-0.05, 0) is 38.6 Å². The van der Waals surface area contributed by atoms with Crippen LogP contribution in [0, 0.1) is 13.8 Å². The van der Waals surface area contributed by atoms with Gasteiger partial charge in [0.15, 0.2) is 10.9 Å². The van der Waals surface area contributed by atoms with Crippen LogP contribution in [0.15, 0.2) is 42.7 Å². The van der Waals surface area contributed by atoms with Gasteiger partial charge in [-0.3, -0.25) is 9.36 Å². The minimum Gasteiger partial charge on any atom is -0.358 e. The van der Waals surface area contributed by atoms with Crippen LogP contribution in [0.3, 0.4) is 0 Å². The smallest absolute Gasteiger partial charge is 0.172 e. The first-order valence-electron chi connectivity index (χ1n) is 8.70. The molecule has 0 radical (unpaired) electrons. The topological polar surface area (TPSA) is 59.7 Å². The molecule has 0 aliphatic rings. The van der Waals surface area contributed by atoms with E-state index in [0.717, 1.165) is 30.2 Å². The average Bonchev–Trinajstić information content (AvgIpc) is 3.19. The maximum Gasteiger partial charge on any atom is 0.172 e. The third-order valence-corrected chi connectivity index (χ3v) is 4.37. The monoisotopic (exact) mass is 368 g/mol. The summed E-state index contributed by atoms with van der Waals surface area (Å²) in [6, 6.07) is 10.3. The molecule has 0 atom stereocenters. The Kier molecular flexibility index (Phi) is 5.68. The zero-order valence-corrected chi connectivity index (χ0v) is 16.2. The summed E-state index contributed by atoms with van der Waals surface area (Å²) in [7, 11) is 0. The van der Waals surface area contributed by atoms with E-state index in [-0.39, 0.29) is 0 Å². The van der Waals surface area contributed by atoms with Crippen molar-refractivity contribution < 1.29 is 0 Å². The lowest BCUT2D eigenvalue weighted by atomic mass is 10.1. The lowest BCUT2D eigenvalue weighted by Crippen LogP contribution is -2.28.